The maximum Gasteiger partial charge on any atom is 0.0662 e. The molecule has 0 aliphatic heterocycles. The lowest BCUT2D eigenvalue weighted by molar-refractivity contribution is 0.186. The summed E-state index contributed by atoms with van der Waals surface area (Å²) >= 11 is 0. The fraction of sp³-hybridized carbons (Fsp3) is 1.00. The van der Waals surface area contributed by atoms with Gasteiger partial charge in [0.1, 0.15) is 0 Å². The van der Waals surface area contributed by atoms with Crippen LogP contribution in [0.3, 0.4) is 0 Å². The Morgan fingerprint density at radius 1 is 1.14 bits per heavy atom. The van der Waals surface area contributed by atoms with Crippen LogP contribution in [0.4, 0.5) is 0 Å². The number of hydrogen-bond donors (Lipinski definition) is 2. The molecular weight excluding hydrogens is 108 g/mol. The molecule has 0 spiro atoms. The normalized spacial score (nSPS) is 6.86. The summed E-state index contributed by atoms with van der Waals surface area (Å²) in [6.07, 6.45) is 0. The second-order valence-corrected chi connectivity index (χ2v) is 1.95. The lowest BCUT2D eigenvalue weighted by Gasteiger charge is -1.70. The minimum absolute atomic E-state index is 0.125. The minimum Gasteiger partial charge on any atom is -0.394 e. The predicted molar refractivity (Wildman–Crippen MR) is 31.7 cm³/mol. The molecule has 0 atom stereocenters. The molecular formula is C4H12O2Si. The van der Waals surface area contributed by atoms with Gasteiger partial charge in [0.25, 0.3) is 0 Å². The summed E-state index contributed by atoms with van der Waals surface area (Å²) in [5.41, 5.74) is 0. The predicted octanol–water partition coefficient (Wildman–Crippen LogP) is -0.242. The molecule has 0 saturated carbocycles. The van der Waals surface area contributed by atoms with Gasteiger partial charge in [0.15, 0.2) is 0 Å². The molecule has 0 rings (SSSR count). The largest absolute Gasteiger partial charge is 0.394 e. The summed E-state index contributed by atoms with van der Waals surface area (Å²) in [5.74, 6) is 0. The Morgan fingerprint density at radius 2 is 1.29 bits per heavy atom. The van der Waals surface area contributed by atoms with Gasteiger partial charge in [0.2, 0.25) is 0 Å². The summed E-state index contributed by atoms with van der Waals surface area (Å²) in [6, 6.07) is 0. The molecule has 44 valence electrons. The summed E-state index contributed by atoms with van der Waals surface area (Å²) in [4.78, 5) is 0. The number of rotatable bonds is 1. The highest BCUT2D eigenvalue weighted by Crippen LogP contribution is 1.39. The van der Waals surface area contributed by atoms with E-state index < -0.39 is 0 Å². The van der Waals surface area contributed by atoms with Crippen molar-refractivity contribution in [2.75, 3.05) is 13.2 Å². The Morgan fingerprint density at radius 3 is 1.29 bits per heavy atom. The minimum atomic E-state index is -0.125. The van der Waals surface area contributed by atoms with Crippen LogP contribution < -0.4 is 0 Å². The van der Waals surface area contributed by atoms with Crippen LogP contribution in [0, 0.1) is 0 Å². The quantitative estimate of drug-likeness (QED) is 0.469. The Hall–Kier alpha value is 0.137. The molecule has 2 nitrogen and oxygen atoms in total. The third kappa shape index (κ3) is 81.3. The van der Waals surface area contributed by atoms with Gasteiger partial charge in [-0.15, -0.1) is 0 Å². The van der Waals surface area contributed by atoms with Crippen molar-refractivity contribution in [2.24, 2.45) is 0 Å². The van der Waals surface area contributed by atoms with Crippen molar-refractivity contribution in [3.63, 3.8) is 0 Å². The van der Waals surface area contributed by atoms with Crippen molar-refractivity contribution in [3.05, 3.63) is 0 Å². The molecule has 2 N–H and O–H groups in total. The summed E-state index contributed by atoms with van der Waals surface area (Å²) in [7, 11) is 1.08. The number of aliphatic hydroxyl groups is 2. The van der Waals surface area contributed by atoms with E-state index >= 15 is 0 Å². The monoisotopic (exact) mass is 120 g/mol. The van der Waals surface area contributed by atoms with Crippen LogP contribution >= 0.6 is 0 Å². The molecule has 0 aromatic heterocycles. The number of aliphatic hydroxyl groups excluding tert-OH is 2. The Kier molecular flexibility index (Phi) is 23.9. The zero-order valence-electron chi connectivity index (χ0n) is 4.81. The lowest BCUT2D eigenvalue weighted by atomic mass is 10.8. The molecule has 7 heavy (non-hydrogen) atoms. The zero-order chi connectivity index (χ0) is 6.12. The van der Waals surface area contributed by atoms with Crippen LogP contribution in [-0.4, -0.2) is 32.9 Å². The molecule has 0 amide bonds. The molecule has 2 radical (unpaired) electrons. The molecule has 0 bridgehead atoms. The van der Waals surface area contributed by atoms with Gasteiger partial charge in [0.05, 0.1) is 13.2 Å². The molecule has 0 aromatic carbocycles. The van der Waals surface area contributed by atoms with Gasteiger partial charge in [-0.3, -0.25) is 0 Å². The molecule has 0 heterocycles. The van der Waals surface area contributed by atoms with Crippen LogP contribution in [0.5, 0.6) is 0 Å². The van der Waals surface area contributed by atoms with E-state index in [2.05, 4.69) is 13.1 Å². The molecule has 0 unspecified atom stereocenters. The van der Waals surface area contributed by atoms with Crippen LogP contribution in [0.1, 0.15) is 0 Å². The second-order valence-electron chi connectivity index (χ2n) is 0.947. The van der Waals surface area contributed by atoms with Gasteiger partial charge >= 0.3 is 0 Å². The van der Waals surface area contributed by atoms with Crippen molar-refractivity contribution >= 4 is 9.52 Å². The first-order chi connectivity index (χ1) is 3.33. The Balaban J connectivity index is 0. The fourth-order valence-electron chi connectivity index (χ4n) is 0. The summed E-state index contributed by atoms with van der Waals surface area (Å²) in [6.45, 7) is 4.06. The Bertz CT molecular complexity index is 17.2. The molecule has 0 saturated heterocycles. The van der Waals surface area contributed by atoms with Crippen molar-refractivity contribution in [2.45, 2.75) is 13.1 Å². The maximum atomic E-state index is 7.62. The molecule has 0 aromatic rings. The topological polar surface area (TPSA) is 40.5 Å². The van der Waals surface area contributed by atoms with Gasteiger partial charge < -0.3 is 10.2 Å². The highest BCUT2D eigenvalue weighted by atomic mass is 28.2. The van der Waals surface area contributed by atoms with E-state index in [-0.39, 0.29) is 13.2 Å². The standard InChI is InChI=1S/C2H6O2.C2H6Si/c3-1-2-4;1-3-2/h3-4H,1-2H2;1-2H3. The average molecular weight is 120 g/mol. The first kappa shape index (κ1) is 10.2. The zero-order valence-corrected chi connectivity index (χ0v) is 5.81. The van der Waals surface area contributed by atoms with Gasteiger partial charge in [-0.2, -0.15) is 0 Å². The summed E-state index contributed by atoms with van der Waals surface area (Å²) in [5, 5.41) is 15.2. The number of hydrogen-bond acceptors (Lipinski definition) is 2. The van der Waals surface area contributed by atoms with E-state index in [0.717, 1.165) is 9.52 Å². The van der Waals surface area contributed by atoms with Gasteiger partial charge in [-0.1, -0.05) is 13.1 Å². The van der Waals surface area contributed by atoms with E-state index in [9.17, 15) is 0 Å². The van der Waals surface area contributed by atoms with Crippen molar-refractivity contribution in [1.82, 2.24) is 0 Å². The highest BCUT2D eigenvalue weighted by Gasteiger charge is 1.58. The van der Waals surface area contributed by atoms with Crippen LogP contribution in [0.25, 0.3) is 0 Å². The highest BCUT2D eigenvalue weighted by molar-refractivity contribution is 6.31. The third-order valence-corrected chi connectivity index (χ3v) is 0.1000. The molecule has 0 aliphatic rings. The van der Waals surface area contributed by atoms with Gasteiger partial charge in [-0.25, -0.2) is 0 Å². The van der Waals surface area contributed by atoms with E-state index in [4.69, 9.17) is 10.2 Å². The molecule has 3 heteroatoms. The first-order valence-corrected chi connectivity index (χ1v) is 4.13. The van der Waals surface area contributed by atoms with Gasteiger partial charge in [0, 0.05) is 9.52 Å². The molecule has 0 fully saturated rings. The SMILES string of the molecule is C[Si]C.OCCO. The average Bonchev–Trinajstić information content (AvgIpc) is 1.69. The molecule has 0 aliphatic carbocycles. The van der Waals surface area contributed by atoms with E-state index in [1.165, 1.54) is 0 Å². The van der Waals surface area contributed by atoms with Crippen molar-refractivity contribution in [1.29, 1.82) is 0 Å². The maximum absolute atomic E-state index is 7.62. The van der Waals surface area contributed by atoms with Crippen LogP contribution in [0.15, 0.2) is 0 Å². The van der Waals surface area contributed by atoms with E-state index in [1.54, 1.807) is 0 Å². The Labute approximate surface area is 47.0 Å². The lowest BCUT2D eigenvalue weighted by Crippen LogP contribution is -1.85. The van der Waals surface area contributed by atoms with Gasteiger partial charge in [-0.05, 0) is 0 Å². The van der Waals surface area contributed by atoms with E-state index in [0.29, 0.717) is 0 Å². The third-order valence-electron chi connectivity index (χ3n) is 0.1000. The van der Waals surface area contributed by atoms with E-state index in [1.807, 2.05) is 0 Å². The van der Waals surface area contributed by atoms with Crippen LogP contribution in [0.2, 0.25) is 13.1 Å². The smallest absolute Gasteiger partial charge is 0.0662 e. The second kappa shape index (κ2) is 16.5. The van der Waals surface area contributed by atoms with Crippen molar-refractivity contribution in [3.8, 4) is 0 Å². The summed E-state index contributed by atoms with van der Waals surface area (Å²) < 4.78 is 0. The van der Waals surface area contributed by atoms with Crippen LogP contribution in [-0.2, 0) is 0 Å². The fourth-order valence-corrected chi connectivity index (χ4v) is 0. The first-order valence-electron chi connectivity index (χ1n) is 2.13. The van der Waals surface area contributed by atoms with Crippen molar-refractivity contribution < 1.29 is 10.2 Å².